The van der Waals surface area contributed by atoms with Gasteiger partial charge in [-0.25, -0.2) is 31.1 Å². The number of anilines is 3. The van der Waals surface area contributed by atoms with Crippen LogP contribution in [-0.4, -0.2) is 56.5 Å². The Morgan fingerprint density at radius 1 is 0.981 bits per heavy atom. The van der Waals surface area contributed by atoms with Crippen molar-refractivity contribution < 1.29 is 26.4 Å². The predicted octanol–water partition coefficient (Wildman–Crippen LogP) is 5.24. The number of aromatic nitrogens is 2. The van der Waals surface area contributed by atoms with E-state index in [-0.39, 0.29) is 50.8 Å². The summed E-state index contributed by atoms with van der Waals surface area (Å²) in [6, 6.07) is 16.9. The van der Waals surface area contributed by atoms with Crippen molar-refractivity contribution >= 4 is 60.8 Å². The zero-order valence-corrected chi connectivity index (χ0v) is 30.5. The first-order valence-electron chi connectivity index (χ1n) is 16.7. The van der Waals surface area contributed by atoms with Gasteiger partial charge in [0.25, 0.3) is 15.9 Å². The lowest BCUT2D eigenvalue weighted by molar-refractivity contribution is -0.127. The SMILES string of the molecule is Cc1ccnc(NS(=O)(=O)c2cccc(N(C(=O)[C@@H]3CCS(=O)(=O)N3c3cc(C#N)ccn3)[C@H](C(=O)NC3CCCCC3)c3ccccc3Cl)c2)c1. The Morgan fingerprint density at radius 3 is 2.46 bits per heavy atom. The summed E-state index contributed by atoms with van der Waals surface area (Å²) in [6.45, 7) is 1.79. The van der Waals surface area contributed by atoms with Crippen molar-refractivity contribution in [1.82, 2.24) is 15.3 Å². The molecule has 1 aliphatic carbocycles. The van der Waals surface area contributed by atoms with Crippen molar-refractivity contribution in [2.75, 3.05) is 19.7 Å². The van der Waals surface area contributed by atoms with E-state index in [1.807, 2.05) is 6.07 Å². The van der Waals surface area contributed by atoms with Crippen molar-refractivity contribution in [2.24, 2.45) is 0 Å². The molecule has 4 aromatic rings. The Balaban J connectivity index is 1.51. The minimum atomic E-state index is -4.28. The summed E-state index contributed by atoms with van der Waals surface area (Å²) in [4.78, 5) is 38.8. The highest BCUT2D eigenvalue weighted by molar-refractivity contribution is 7.93. The molecule has 1 saturated heterocycles. The number of carbonyl (C=O) groups is 2. The van der Waals surface area contributed by atoms with Gasteiger partial charge in [-0.2, -0.15) is 5.26 Å². The number of pyridine rings is 2. The van der Waals surface area contributed by atoms with Crippen LogP contribution in [0.15, 0.2) is 90.1 Å². The topological polar surface area (TPSA) is 183 Å². The Hall–Kier alpha value is -5.04. The third-order valence-corrected chi connectivity index (χ3v) is 12.6. The summed E-state index contributed by atoms with van der Waals surface area (Å²) in [6.07, 6.45) is 6.89. The average Bonchev–Trinajstić information content (AvgIpc) is 3.45. The van der Waals surface area contributed by atoms with Crippen molar-refractivity contribution in [2.45, 2.75) is 68.5 Å². The van der Waals surface area contributed by atoms with Crippen molar-refractivity contribution in [3.8, 4) is 6.07 Å². The molecule has 1 aliphatic heterocycles. The van der Waals surface area contributed by atoms with Crippen molar-refractivity contribution in [3.63, 3.8) is 0 Å². The molecule has 2 atom stereocenters. The largest absolute Gasteiger partial charge is 0.351 e. The van der Waals surface area contributed by atoms with Crippen LogP contribution in [0.3, 0.4) is 0 Å². The number of nitrogens with zero attached hydrogens (tertiary/aromatic N) is 5. The number of nitrogens with one attached hydrogen (secondary N) is 2. The van der Waals surface area contributed by atoms with Crippen LogP contribution < -0.4 is 19.2 Å². The number of benzene rings is 2. The van der Waals surface area contributed by atoms with E-state index < -0.39 is 49.7 Å². The van der Waals surface area contributed by atoms with E-state index >= 15 is 4.79 Å². The minimum absolute atomic E-state index is 0.00299. The number of halogens is 1. The van der Waals surface area contributed by atoms with E-state index in [0.717, 1.165) is 46.9 Å². The predicted molar refractivity (Wildman–Crippen MR) is 197 cm³/mol. The molecule has 13 nitrogen and oxygen atoms in total. The lowest BCUT2D eigenvalue weighted by Crippen LogP contribution is -2.53. The smallest absolute Gasteiger partial charge is 0.263 e. The van der Waals surface area contributed by atoms with Gasteiger partial charge >= 0.3 is 0 Å². The third-order valence-electron chi connectivity index (χ3n) is 9.07. The summed E-state index contributed by atoms with van der Waals surface area (Å²) < 4.78 is 57.8. The zero-order valence-electron chi connectivity index (χ0n) is 28.1. The van der Waals surface area contributed by atoms with Gasteiger partial charge in [0.15, 0.2) is 0 Å². The first kappa shape index (κ1) is 36.7. The number of nitriles is 1. The number of aryl methyl sites for hydroxylation is 1. The third kappa shape index (κ3) is 7.89. The summed E-state index contributed by atoms with van der Waals surface area (Å²) >= 11 is 6.73. The molecule has 0 bridgehead atoms. The van der Waals surface area contributed by atoms with Crippen LogP contribution in [0.2, 0.25) is 5.02 Å². The molecule has 2 amide bonds. The summed E-state index contributed by atoms with van der Waals surface area (Å²) in [5.41, 5.74) is 1.15. The van der Waals surface area contributed by atoms with E-state index in [9.17, 15) is 26.9 Å². The van der Waals surface area contributed by atoms with Crippen LogP contribution in [0.1, 0.15) is 61.3 Å². The highest BCUT2D eigenvalue weighted by Gasteiger charge is 2.47. The average molecular weight is 762 g/mol. The molecule has 0 unspecified atom stereocenters. The second-order valence-corrected chi connectivity index (χ2v) is 16.8. The normalized spacial score (nSPS) is 17.9. The molecule has 270 valence electrons. The van der Waals surface area contributed by atoms with Crippen LogP contribution in [-0.2, 0) is 29.6 Å². The maximum absolute atomic E-state index is 15.1. The van der Waals surface area contributed by atoms with Gasteiger partial charge in [-0.3, -0.25) is 19.2 Å². The van der Waals surface area contributed by atoms with E-state index in [1.54, 1.807) is 43.3 Å². The fourth-order valence-corrected chi connectivity index (χ4v) is 9.54. The molecule has 6 rings (SSSR count). The van der Waals surface area contributed by atoms with E-state index in [2.05, 4.69) is 20.0 Å². The molecule has 2 aromatic carbocycles. The number of hydrogen-bond donors (Lipinski definition) is 2. The summed E-state index contributed by atoms with van der Waals surface area (Å²) in [5, 5.41) is 12.8. The number of rotatable bonds is 10. The molecule has 3 heterocycles. The fourth-order valence-electron chi connectivity index (χ4n) is 6.58. The van der Waals surface area contributed by atoms with Gasteiger partial charge in [0, 0.05) is 34.7 Å². The molecule has 2 N–H and O–H groups in total. The summed E-state index contributed by atoms with van der Waals surface area (Å²) in [7, 11) is -8.39. The first-order valence-corrected chi connectivity index (χ1v) is 20.2. The van der Waals surface area contributed by atoms with E-state index in [0.29, 0.717) is 0 Å². The highest BCUT2D eigenvalue weighted by atomic mass is 35.5. The second kappa shape index (κ2) is 15.3. The molecule has 2 fully saturated rings. The Bertz CT molecular complexity index is 2260. The molecule has 2 aromatic heterocycles. The quantitative estimate of drug-likeness (QED) is 0.218. The van der Waals surface area contributed by atoms with E-state index in [1.165, 1.54) is 48.8 Å². The molecular formula is C36H36ClN7O6S2. The van der Waals surface area contributed by atoms with Crippen LogP contribution >= 0.6 is 11.6 Å². The zero-order chi connectivity index (χ0) is 37.0. The minimum Gasteiger partial charge on any atom is -0.351 e. The van der Waals surface area contributed by atoms with Gasteiger partial charge in [0.2, 0.25) is 15.9 Å². The maximum Gasteiger partial charge on any atom is 0.263 e. The molecule has 1 saturated carbocycles. The Morgan fingerprint density at radius 2 is 1.73 bits per heavy atom. The lowest BCUT2D eigenvalue weighted by Gasteiger charge is -2.36. The standard InChI is InChI=1S/C36H36ClN7O6S2/c1-24-14-17-39-32(20-24)42-52(49,50)28-11-7-10-27(22-28)43(34(29-12-5-6-13-30(29)37)35(45)41-26-8-3-2-4-9-26)36(46)31-16-19-51(47,48)44(31)33-21-25(23-38)15-18-40-33/h5-7,10-15,17-18,20-22,26,31,34H,2-4,8-9,16,19H2,1H3,(H,39,42)(H,41,45)/t31-,34-/m0/s1. The number of sulfonamides is 2. The van der Waals surface area contributed by atoms with Crippen molar-refractivity contribution in [3.05, 3.63) is 107 Å². The van der Waals surface area contributed by atoms with Gasteiger partial charge in [-0.05, 0) is 80.3 Å². The maximum atomic E-state index is 15.1. The van der Waals surface area contributed by atoms with Crippen LogP contribution in [0.4, 0.5) is 17.3 Å². The van der Waals surface area contributed by atoms with Crippen LogP contribution in [0.25, 0.3) is 0 Å². The molecule has 0 spiro atoms. The highest BCUT2D eigenvalue weighted by Crippen LogP contribution is 2.37. The Labute approximate surface area is 307 Å². The molecule has 52 heavy (non-hydrogen) atoms. The van der Waals surface area contributed by atoms with Gasteiger partial charge < -0.3 is 5.32 Å². The lowest BCUT2D eigenvalue weighted by atomic mass is 9.94. The van der Waals surface area contributed by atoms with Gasteiger partial charge in [0.1, 0.15) is 23.7 Å². The van der Waals surface area contributed by atoms with Gasteiger partial charge in [-0.15, -0.1) is 0 Å². The first-order chi connectivity index (χ1) is 24.9. The number of amides is 2. The van der Waals surface area contributed by atoms with Crippen molar-refractivity contribution in [1.29, 1.82) is 5.26 Å². The molecule has 16 heteroatoms. The monoisotopic (exact) mass is 761 g/mol. The number of hydrogen-bond acceptors (Lipinski definition) is 9. The summed E-state index contributed by atoms with van der Waals surface area (Å²) in [5.74, 6) is -1.86. The van der Waals surface area contributed by atoms with E-state index in [4.69, 9.17) is 11.6 Å². The van der Waals surface area contributed by atoms with Crippen LogP contribution in [0.5, 0.6) is 0 Å². The molecule has 0 radical (unpaired) electrons. The molecular weight excluding hydrogens is 726 g/mol. The van der Waals surface area contributed by atoms with Gasteiger partial charge in [0.05, 0.1) is 22.3 Å². The Kier molecular flexibility index (Phi) is 10.8. The fraction of sp³-hybridized carbons (Fsp3) is 0.306. The second-order valence-electron chi connectivity index (χ2n) is 12.7. The van der Waals surface area contributed by atoms with Gasteiger partial charge in [-0.1, -0.05) is 55.1 Å². The molecule has 2 aliphatic rings. The number of carbonyl (C=O) groups excluding carboxylic acids is 2. The van der Waals surface area contributed by atoms with Crippen LogP contribution in [0, 0.1) is 18.3 Å².